The number of hydrogen-bond acceptors (Lipinski definition) is 6. The van der Waals surface area contributed by atoms with E-state index in [4.69, 9.17) is 0 Å². The first kappa shape index (κ1) is 40.9. The lowest BCUT2D eigenvalue weighted by molar-refractivity contribution is -0.135. The monoisotopic (exact) mass is 693 g/mol. The van der Waals surface area contributed by atoms with Crippen LogP contribution in [0.15, 0.2) is 42.9 Å². The number of hydrogen-bond donors (Lipinski definition) is 5. The van der Waals surface area contributed by atoms with Gasteiger partial charge in [0.15, 0.2) is 0 Å². The van der Waals surface area contributed by atoms with Gasteiger partial charge >= 0.3 is 0 Å². The first-order valence-corrected chi connectivity index (χ1v) is 18.9. The average molecular weight is 694 g/mol. The van der Waals surface area contributed by atoms with E-state index in [1.807, 2.05) is 65.0 Å². The van der Waals surface area contributed by atoms with Crippen LogP contribution in [-0.4, -0.2) is 63.3 Å². The van der Waals surface area contributed by atoms with Gasteiger partial charge in [0.05, 0.1) is 18.5 Å². The van der Waals surface area contributed by atoms with Crippen LogP contribution in [0.3, 0.4) is 0 Å². The standard InChI is InChI=1S/C40H63N5O5/c1-7-8-19-42-38(49)32(27(2)3)24-35(46)33(21-29-17-13-10-14-18-29)44-39(50)34(23-31-25-41-26-43-31)45-37(48)30(22-36(47)40(4,5)6)20-28-15-11-9-12-16-28/h9,11-12,15-16,25-27,29-30,32-35,46H,7-8,10,13-14,17-24H2,1-6H3,(H,41,43)(H,42,49)(H,44,50)(H,45,48)/t30-,32+,33+,34+,35+/m1/s1. The molecule has 1 aliphatic rings. The van der Waals surface area contributed by atoms with E-state index in [1.165, 1.54) is 12.7 Å². The molecule has 1 aliphatic carbocycles. The Morgan fingerprint density at radius 3 is 2.26 bits per heavy atom. The summed E-state index contributed by atoms with van der Waals surface area (Å²) in [6.45, 7) is 12.2. The predicted octanol–water partition coefficient (Wildman–Crippen LogP) is 5.70. The molecule has 10 heteroatoms. The number of carbonyl (C=O) groups is 4. The number of nitrogens with zero attached hydrogens (tertiary/aromatic N) is 1. The number of rotatable bonds is 20. The average Bonchev–Trinajstić information content (AvgIpc) is 3.59. The molecule has 3 rings (SSSR count). The Kier molecular flexibility index (Phi) is 16.6. The minimum atomic E-state index is -0.981. The number of aliphatic hydroxyl groups excluding tert-OH is 1. The van der Waals surface area contributed by atoms with Gasteiger partial charge in [-0.1, -0.05) is 110 Å². The SMILES string of the molecule is CCCCNC(=O)[C@@H](C[C@H](O)[C@H](CC1CCCCC1)NC(=O)[C@H](Cc1cnc[nH]1)NC(=O)[C@@H](CC(=O)C(C)(C)C)Cc1ccccc1)C(C)C. The van der Waals surface area contributed by atoms with Crippen molar-refractivity contribution in [3.8, 4) is 0 Å². The van der Waals surface area contributed by atoms with Gasteiger partial charge in [0.2, 0.25) is 17.7 Å². The normalized spacial score (nSPS) is 17.0. The summed E-state index contributed by atoms with van der Waals surface area (Å²) in [5.74, 6) is -1.64. The molecule has 1 aromatic heterocycles. The Bertz CT molecular complexity index is 1320. The van der Waals surface area contributed by atoms with Gasteiger partial charge in [0.1, 0.15) is 11.8 Å². The minimum Gasteiger partial charge on any atom is -0.391 e. The van der Waals surface area contributed by atoms with Crippen LogP contribution in [-0.2, 0) is 32.0 Å². The summed E-state index contributed by atoms with van der Waals surface area (Å²) in [4.78, 5) is 61.8. The number of benzene rings is 1. The van der Waals surface area contributed by atoms with Crippen molar-refractivity contribution in [3.05, 3.63) is 54.1 Å². The summed E-state index contributed by atoms with van der Waals surface area (Å²) in [6.07, 6.45) is 10.9. The highest BCUT2D eigenvalue weighted by molar-refractivity contribution is 5.92. The number of Topliss-reactive ketones (excluding diaryl/α,β-unsaturated/α-hetero) is 1. The second kappa shape index (κ2) is 20.4. The van der Waals surface area contributed by atoms with Crippen molar-refractivity contribution in [1.29, 1.82) is 0 Å². The van der Waals surface area contributed by atoms with Crippen molar-refractivity contribution in [2.45, 2.75) is 137 Å². The fourth-order valence-corrected chi connectivity index (χ4v) is 6.80. The molecule has 0 radical (unpaired) electrons. The van der Waals surface area contributed by atoms with E-state index in [-0.39, 0.29) is 42.8 Å². The van der Waals surface area contributed by atoms with Gasteiger partial charge < -0.3 is 26.0 Å². The molecular formula is C40H63N5O5. The lowest BCUT2D eigenvalue weighted by Crippen LogP contribution is -2.55. The molecule has 1 aromatic carbocycles. The third-order valence-corrected chi connectivity index (χ3v) is 10.1. The molecule has 0 unspecified atom stereocenters. The molecule has 278 valence electrons. The Morgan fingerprint density at radius 1 is 0.960 bits per heavy atom. The summed E-state index contributed by atoms with van der Waals surface area (Å²) in [5, 5.41) is 20.9. The Balaban J connectivity index is 1.86. The fraction of sp³-hybridized carbons (Fsp3) is 0.675. The van der Waals surface area contributed by atoms with Crippen LogP contribution < -0.4 is 16.0 Å². The number of amides is 3. The number of aromatic nitrogens is 2. The zero-order chi connectivity index (χ0) is 36.7. The zero-order valence-electron chi connectivity index (χ0n) is 31.3. The van der Waals surface area contributed by atoms with Crippen molar-refractivity contribution in [1.82, 2.24) is 25.9 Å². The summed E-state index contributed by atoms with van der Waals surface area (Å²) in [6, 6.07) is 8.00. The highest BCUT2D eigenvalue weighted by Gasteiger charge is 2.35. The van der Waals surface area contributed by atoms with E-state index < -0.39 is 41.3 Å². The quantitative estimate of drug-likeness (QED) is 0.112. The molecule has 10 nitrogen and oxygen atoms in total. The molecule has 0 bridgehead atoms. The van der Waals surface area contributed by atoms with Gasteiger partial charge in [-0.15, -0.1) is 0 Å². The maximum Gasteiger partial charge on any atom is 0.243 e. The van der Waals surface area contributed by atoms with Gasteiger partial charge in [-0.2, -0.15) is 0 Å². The van der Waals surface area contributed by atoms with Gasteiger partial charge in [0, 0.05) is 48.5 Å². The topological polar surface area (TPSA) is 153 Å². The van der Waals surface area contributed by atoms with E-state index in [0.29, 0.717) is 31.0 Å². The van der Waals surface area contributed by atoms with E-state index >= 15 is 0 Å². The third kappa shape index (κ3) is 13.6. The first-order chi connectivity index (χ1) is 23.8. The number of H-pyrrole nitrogens is 1. The van der Waals surface area contributed by atoms with E-state index in [1.54, 1.807) is 6.20 Å². The van der Waals surface area contributed by atoms with Crippen LogP contribution >= 0.6 is 0 Å². The molecular weight excluding hydrogens is 630 g/mol. The number of nitrogens with one attached hydrogen (secondary N) is 4. The molecule has 5 N–H and O–H groups in total. The largest absolute Gasteiger partial charge is 0.391 e. The van der Waals surface area contributed by atoms with Crippen LogP contribution in [0.2, 0.25) is 0 Å². The van der Waals surface area contributed by atoms with Crippen LogP contribution in [0, 0.1) is 29.1 Å². The van der Waals surface area contributed by atoms with Crippen molar-refractivity contribution in [2.75, 3.05) is 6.54 Å². The molecule has 50 heavy (non-hydrogen) atoms. The molecule has 1 heterocycles. The molecule has 3 amide bonds. The molecule has 5 atom stereocenters. The van der Waals surface area contributed by atoms with Crippen molar-refractivity contribution in [2.24, 2.45) is 29.1 Å². The highest BCUT2D eigenvalue weighted by atomic mass is 16.3. The first-order valence-electron chi connectivity index (χ1n) is 18.9. The second-order valence-electron chi connectivity index (χ2n) is 15.8. The number of imidazole rings is 1. The Hall–Kier alpha value is -3.53. The number of carbonyl (C=O) groups excluding carboxylic acids is 4. The maximum atomic E-state index is 14.2. The summed E-state index contributed by atoms with van der Waals surface area (Å²) < 4.78 is 0. The predicted molar refractivity (Wildman–Crippen MR) is 197 cm³/mol. The van der Waals surface area contributed by atoms with Crippen molar-refractivity contribution in [3.63, 3.8) is 0 Å². The van der Waals surface area contributed by atoms with Gasteiger partial charge in [-0.05, 0) is 43.1 Å². The second-order valence-corrected chi connectivity index (χ2v) is 15.8. The molecule has 0 aliphatic heterocycles. The van der Waals surface area contributed by atoms with Gasteiger partial charge in [-0.3, -0.25) is 19.2 Å². The minimum absolute atomic E-state index is 0.00193. The maximum absolute atomic E-state index is 14.2. The number of unbranched alkanes of at least 4 members (excludes halogenated alkanes) is 1. The van der Waals surface area contributed by atoms with Crippen LogP contribution in [0.4, 0.5) is 0 Å². The molecule has 0 spiro atoms. The Labute approximate surface area is 299 Å². The molecule has 2 aromatic rings. The fourth-order valence-electron chi connectivity index (χ4n) is 6.80. The molecule has 0 saturated heterocycles. The van der Waals surface area contributed by atoms with Gasteiger partial charge in [-0.25, -0.2) is 4.98 Å². The lowest BCUT2D eigenvalue weighted by atomic mass is 9.81. The van der Waals surface area contributed by atoms with Crippen molar-refractivity contribution < 1.29 is 24.3 Å². The summed E-state index contributed by atoms with van der Waals surface area (Å²) in [7, 11) is 0. The summed E-state index contributed by atoms with van der Waals surface area (Å²) in [5.41, 5.74) is 0.979. The van der Waals surface area contributed by atoms with Crippen molar-refractivity contribution >= 4 is 23.5 Å². The number of aliphatic hydroxyl groups is 1. The van der Waals surface area contributed by atoms with Crippen LogP contribution in [0.5, 0.6) is 0 Å². The molecule has 1 fully saturated rings. The van der Waals surface area contributed by atoms with Crippen LogP contribution in [0.1, 0.15) is 117 Å². The smallest absolute Gasteiger partial charge is 0.243 e. The van der Waals surface area contributed by atoms with Gasteiger partial charge in [0.25, 0.3) is 0 Å². The van der Waals surface area contributed by atoms with Crippen LogP contribution in [0.25, 0.3) is 0 Å². The van der Waals surface area contributed by atoms with E-state index in [2.05, 4.69) is 32.8 Å². The third-order valence-electron chi connectivity index (χ3n) is 10.1. The van der Waals surface area contributed by atoms with E-state index in [0.717, 1.165) is 44.1 Å². The summed E-state index contributed by atoms with van der Waals surface area (Å²) >= 11 is 0. The number of ketones is 1. The highest BCUT2D eigenvalue weighted by Crippen LogP contribution is 2.30. The Morgan fingerprint density at radius 2 is 1.66 bits per heavy atom. The van der Waals surface area contributed by atoms with E-state index in [9.17, 15) is 24.3 Å². The number of aromatic amines is 1. The lowest BCUT2D eigenvalue weighted by Gasteiger charge is -2.33. The zero-order valence-corrected chi connectivity index (χ0v) is 31.3. The molecule has 1 saturated carbocycles.